The van der Waals surface area contributed by atoms with Crippen LogP contribution >= 0.6 is 15.9 Å². The lowest BCUT2D eigenvalue weighted by Crippen LogP contribution is -2.52. The highest BCUT2D eigenvalue weighted by atomic mass is 79.9. The quantitative estimate of drug-likeness (QED) is 0.581. The molecule has 2 fully saturated rings. The summed E-state index contributed by atoms with van der Waals surface area (Å²) in [5.41, 5.74) is 0.963. The van der Waals surface area contributed by atoms with E-state index >= 15 is 8.78 Å². The third-order valence-electron chi connectivity index (χ3n) is 7.20. The molecule has 2 saturated heterocycles. The van der Waals surface area contributed by atoms with E-state index in [-0.39, 0.29) is 42.0 Å². The average molecular weight is 561 g/mol. The number of nitrogens with one attached hydrogen (secondary N) is 1. The molecule has 1 atom stereocenters. The molecule has 188 valence electrons. The number of likely N-dealkylation sites (tertiary alicyclic amines) is 1. The van der Waals surface area contributed by atoms with Crippen molar-refractivity contribution < 1.29 is 28.0 Å². The van der Waals surface area contributed by atoms with Crippen molar-refractivity contribution in [3.63, 3.8) is 0 Å². The van der Waals surface area contributed by atoms with Crippen LogP contribution in [0, 0.1) is 18.6 Å². The maximum Gasteiger partial charge on any atom is 0.272 e. The number of carbonyl (C=O) groups excluding carboxylic acids is 4. The zero-order valence-corrected chi connectivity index (χ0v) is 21.0. The molecular formula is C25H23BrF2N4O4. The zero-order valence-electron chi connectivity index (χ0n) is 19.4. The van der Waals surface area contributed by atoms with Gasteiger partial charge in [-0.3, -0.25) is 24.5 Å². The van der Waals surface area contributed by atoms with Gasteiger partial charge >= 0.3 is 0 Å². The molecule has 0 spiro atoms. The van der Waals surface area contributed by atoms with E-state index < -0.39 is 41.3 Å². The Labute approximate surface area is 214 Å². The second-order valence-corrected chi connectivity index (χ2v) is 10.3. The molecule has 0 radical (unpaired) electrons. The van der Waals surface area contributed by atoms with Crippen molar-refractivity contribution in [1.82, 2.24) is 20.1 Å². The van der Waals surface area contributed by atoms with Gasteiger partial charge in [0.05, 0.1) is 12.1 Å². The Bertz CT molecular complexity index is 1310. The number of halogens is 3. The Hall–Kier alpha value is -3.21. The molecule has 4 heterocycles. The van der Waals surface area contributed by atoms with Crippen LogP contribution in [0.3, 0.4) is 0 Å². The summed E-state index contributed by atoms with van der Waals surface area (Å²) in [6.45, 7) is 2.27. The third kappa shape index (κ3) is 4.19. The summed E-state index contributed by atoms with van der Waals surface area (Å²) < 4.78 is 31.5. The molecule has 8 nitrogen and oxygen atoms in total. The summed E-state index contributed by atoms with van der Waals surface area (Å²) in [4.78, 5) is 56.6. The second kappa shape index (κ2) is 9.34. The number of piperidine rings is 2. The van der Waals surface area contributed by atoms with Gasteiger partial charge in [-0.05, 0) is 65.7 Å². The Balaban J connectivity index is 1.33. The fourth-order valence-electron chi connectivity index (χ4n) is 5.31. The van der Waals surface area contributed by atoms with Gasteiger partial charge in [-0.1, -0.05) is 0 Å². The van der Waals surface area contributed by atoms with E-state index in [0.717, 1.165) is 16.1 Å². The molecule has 3 aliphatic heterocycles. The van der Waals surface area contributed by atoms with Crippen LogP contribution in [-0.4, -0.2) is 57.5 Å². The van der Waals surface area contributed by atoms with Crippen LogP contribution in [0.25, 0.3) is 0 Å². The van der Waals surface area contributed by atoms with Gasteiger partial charge in [0.1, 0.15) is 23.4 Å². The number of fused-ring (bicyclic) bond motifs is 1. The standard InChI is InChI=1S/C25H23BrF2N4O4/c1-12-8-14(26)10-29-22(12)25(36)31-6-4-13(5-7-31)20-17(27)9-15-16(21(20)28)11-32(24(15)35)18-2-3-19(33)30-23(18)34/h8-10,13,18H,2-7,11H2,1H3,(H,30,33,34). The van der Waals surface area contributed by atoms with Crippen LogP contribution in [0.1, 0.15) is 69.1 Å². The Morgan fingerprint density at radius 1 is 1.14 bits per heavy atom. The first-order valence-corrected chi connectivity index (χ1v) is 12.5. The fourth-order valence-corrected chi connectivity index (χ4v) is 5.76. The normalized spacial score (nSPS) is 20.6. The molecule has 11 heteroatoms. The zero-order chi connectivity index (χ0) is 25.7. The molecule has 3 aliphatic rings. The minimum absolute atomic E-state index is 0.0642. The molecule has 1 aromatic heterocycles. The first-order chi connectivity index (χ1) is 17.2. The number of rotatable bonds is 3. The van der Waals surface area contributed by atoms with Crippen molar-refractivity contribution in [1.29, 1.82) is 0 Å². The molecule has 1 aromatic carbocycles. The van der Waals surface area contributed by atoms with Gasteiger partial charge in [0, 0.05) is 41.3 Å². The molecule has 1 N–H and O–H groups in total. The van der Waals surface area contributed by atoms with Crippen molar-refractivity contribution in [3.05, 3.63) is 62.4 Å². The van der Waals surface area contributed by atoms with Gasteiger partial charge < -0.3 is 9.80 Å². The minimum atomic E-state index is -0.904. The third-order valence-corrected chi connectivity index (χ3v) is 7.63. The van der Waals surface area contributed by atoms with E-state index in [4.69, 9.17) is 0 Å². The smallest absolute Gasteiger partial charge is 0.272 e. The monoisotopic (exact) mass is 560 g/mol. The van der Waals surface area contributed by atoms with Crippen molar-refractivity contribution in [3.8, 4) is 0 Å². The lowest BCUT2D eigenvalue weighted by Gasteiger charge is -2.32. The van der Waals surface area contributed by atoms with Crippen molar-refractivity contribution in [2.45, 2.75) is 51.1 Å². The van der Waals surface area contributed by atoms with Crippen LogP contribution < -0.4 is 5.32 Å². The highest BCUT2D eigenvalue weighted by molar-refractivity contribution is 9.10. The van der Waals surface area contributed by atoms with Crippen LogP contribution in [0.15, 0.2) is 22.8 Å². The number of aromatic nitrogens is 1. The molecule has 2 aromatic rings. The highest BCUT2D eigenvalue weighted by Gasteiger charge is 2.42. The number of hydrogen-bond donors (Lipinski definition) is 1. The minimum Gasteiger partial charge on any atom is -0.337 e. The van der Waals surface area contributed by atoms with Crippen LogP contribution in [0.5, 0.6) is 0 Å². The topological polar surface area (TPSA) is 99.7 Å². The number of aryl methyl sites for hydroxylation is 1. The summed E-state index contributed by atoms with van der Waals surface area (Å²) >= 11 is 3.33. The number of benzene rings is 1. The largest absolute Gasteiger partial charge is 0.337 e. The summed E-state index contributed by atoms with van der Waals surface area (Å²) in [6, 6.07) is 1.95. The second-order valence-electron chi connectivity index (χ2n) is 9.40. The fraction of sp³-hybridized carbons (Fsp3) is 0.400. The molecule has 0 saturated carbocycles. The average Bonchev–Trinajstić information content (AvgIpc) is 3.15. The maximum absolute atomic E-state index is 15.6. The van der Waals surface area contributed by atoms with Crippen molar-refractivity contribution in [2.24, 2.45) is 0 Å². The predicted octanol–water partition coefficient (Wildman–Crippen LogP) is 3.21. The van der Waals surface area contributed by atoms with Crippen LogP contribution in [0.4, 0.5) is 8.78 Å². The summed E-state index contributed by atoms with van der Waals surface area (Å²) in [6.07, 6.45) is 2.49. The number of nitrogens with zero attached hydrogens (tertiary/aromatic N) is 3. The van der Waals surface area contributed by atoms with Gasteiger partial charge in [-0.2, -0.15) is 0 Å². The molecule has 5 rings (SSSR count). The van der Waals surface area contributed by atoms with Gasteiger partial charge in [-0.15, -0.1) is 0 Å². The SMILES string of the molecule is Cc1cc(Br)cnc1C(=O)N1CCC(c2c(F)cc3c(c2F)CN(C2CCC(=O)NC2=O)C3=O)CC1. The van der Waals surface area contributed by atoms with E-state index in [1.807, 2.05) is 6.07 Å². The summed E-state index contributed by atoms with van der Waals surface area (Å²) in [5.74, 6) is -3.92. The Morgan fingerprint density at radius 2 is 1.86 bits per heavy atom. The maximum atomic E-state index is 15.6. The molecule has 36 heavy (non-hydrogen) atoms. The Kier molecular flexibility index (Phi) is 6.36. The van der Waals surface area contributed by atoms with E-state index in [2.05, 4.69) is 26.2 Å². The van der Waals surface area contributed by atoms with Crippen LogP contribution in [0.2, 0.25) is 0 Å². The molecule has 4 amide bonds. The number of amides is 4. The Morgan fingerprint density at radius 3 is 2.53 bits per heavy atom. The molecule has 0 aliphatic carbocycles. The first kappa shape index (κ1) is 24.5. The summed E-state index contributed by atoms with van der Waals surface area (Å²) in [5, 5.41) is 2.20. The van der Waals surface area contributed by atoms with Crippen molar-refractivity contribution >= 4 is 39.6 Å². The van der Waals surface area contributed by atoms with E-state index in [1.165, 1.54) is 4.90 Å². The van der Waals surface area contributed by atoms with Gasteiger partial charge in [0.25, 0.3) is 11.8 Å². The highest BCUT2D eigenvalue weighted by Crippen LogP contribution is 2.38. The lowest BCUT2D eigenvalue weighted by atomic mass is 9.86. The van der Waals surface area contributed by atoms with E-state index in [1.54, 1.807) is 18.0 Å². The first-order valence-electron chi connectivity index (χ1n) is 11.7. The van der Waals surface area contributed by atoms with E-state index in [0.29, 0.717) is 31.6 Å². The molecule has 0 bridgehead atoms. The van der Waals surface area contributed by atoms with Crippen LogP contribution in [-0.2, 0) is 16.1 Å². The van der Waals surface area contributed by atoms with Crippen molar-refractivity contribution in [2.75, 3.05) is 13.1 Å². The lowest BCUT2D eigenvalue weighted by molar-refractivity contribution is -0.136. The summed E-state index contributed by atoms with van der Waals surface area (Å²) in [7, 11) is 0. The van der Waals surface area contributed by atoms with Gasteiger partial charge in [0.15, 0.2) is 0 Å². The number of pyridine rings is 1. The number of hydrogen-bond acceptors (Lipinski definition) is 5. The van der Waals surface area contributed by atoms with Gasteiger partial charge in [0.2, 0.25) is 11.8 Å². The molecule has 1 unspecified atom stereocenters. The van der Waals surface area contributed by atoms with E-state index in [9.17, 15) is 19.2 Å². The number of carbonyl (C=O) groups is 4. The predicted molar refractivity (Wildman–Crippen MR) is 127 cm³/mol. The molecular weight excluding hydrogens is 538 g/mol. The number of imide groups is 1. The van der Waals surface area contributed by atoms with Gasteiger partial charge in [-0.25, -0.2) is 13.8 Å².